The van der Waals surface area contributed by atoms with Crippen LogP contribution in [0.4, 0.5) is 0 Å². The number of hydrogen-bond acceptors (Lipinski definition) is 6. The van der Waals surface area contributed by atoms with E-state index in [1.807, 2.05) is 6.08 Å². The van der Waals surface area contributed by atoms with Gasteiger partial charge in [0.05, 0.1) is 19.8 Å². The van der Waals surface area contributed by atoms with E-state index in [1.165, 1.54) is 14.2 Å². The molecule has 0 spiro atoms. The lowest BCUT2D eigenvalue weighted by Crippen LogP contribution is -2.15. The summed E-state index contributed by atoms with van der Waals surface area (Å²) in [5, 5.41) is 31.3. The van der Waals surface area contributed by atoms with Gasteiger partial charge in [-0.3, -0.25) is 0 Å². The van der Waals surface area contributed by atoms with Crippen molar-refractivity contribution in [2.45, 2.75) is 25.4 Å². The van der Waals surface area contributed by atoms with Crippen LogP contribution in [0.5, 0.6) is 34.5 Å². The van der Waals surface area contributed by atoms with E-state index >= 15 is 0 Å². The van der Waals surface area contributed by atoms with Crippen LogP contribution in [0, 0.1) is 0 Å². The summed E-state index contributed by atoms with van der Waals surface area (Å²) in [6, 6.07) is 13.3. The highest BCUT2D eigenvalue weighted by atomic mass is 16.5. The molecule has 0 fully saturated rings. The maximum atomic E-state index is 11.1. The number of benzene rings is 3. The number of phenolic OH excluding ortho intramolecular Hbond substituents is 3. The molecule has 166 valence electrons. The Hall–Kier alpha value is -3.80. The zero-order chi connectivity index (χ0) is 22.7. The van der Waals surface area contributed by atoms with Crippen molar-refractivity contribution in [2.24, 2.45) is 0 Å². The van der Waals surface area contributed by atoms with Crippen molar-refractivity contribution in [3.63, 3.8) is 0 Å². The molecule has 0 saturated carbocycles. The Morgan fingerprint density at radius 1 is 0.844 bits per heavy atom. The molecule has 0 aromatic heterocycles. The molecule has 3 aromatic carbocycles. The lowest BCUT2D eigenvalue weighted by molar-refractivity contribution is 0.221. The van der Waals surface area contributed by atoms with E-state index in [2.05, 4.69) is 6.08 Å². The SMILES string of the molecule is COc1cc(-c2ccc(O)cc2)c(OC)c(O)c1-c1ccc(OC2C=CCCC2)c(O)c1. The van der Waals surface area contributed by atoms with Gasteiger partial charge in [-0.05, 0) is 66.8 Å². The first-order chi connectivity index (χ1) is 15.5. The minimum atomic E-state index is -0.113. The minimum absolute atomic E-state index is 0.0236. The van der Waals surface area contributed by atoms with Crippen molar-refractivity contribution in [1.29, 1.82) is 0 Å². The smallest absolute Gasteiger partial charge is 0.170 e. The molecule has 32 heavy (non-hydrogen) atoms. The van der Waals surface area contributed by atoms with E-state index in [-0.39, 0.29) is 29.1 Å². The third-order valence-electron chi connectivity index (χ3n) is 5.56. The zero-order valence-electron chi connectivity index (χ0n) is 18.0. The average molecular weight is 434 g/mol. The standard InChI is InChI=1S/C26H26O6/c1-30-23-15-20(16-8-11-18(27)12-9-16)26(31-2)25(29)24(23)17-10-13-22(21(28)14-17)32-19-6-4-3-5-7-19/h4,6,8-15,19,27-29H,3,5,7H2,1-2H3. The van der Waals surface area contributed by atoms with Crippen LogP contribution in [0.2, 0.25) is 0 Å². The Bertz CT molecular complexity index is 1130. The van der Waals surface area contributed by atoms with Crippen LogP contribution in [0.25, 0.3) is 22.3 Å². The minimum Gasteiger partial charge on any atom is -0.508 e. The quantitative estimate of drug-likeness (QED) is 0.435. The van der Waals surface area contributed by atoms with Crippen molar-refractivity contribution in [2.75, 3.05) is 14.2 Å². The van der Waals surface area contributed by atoms with Crippen LogP contribution in [0.1, 0.15) is 19.3 Å². The number of ether oxygens (including phenoxy) is 3. The summed E-state index contributed by atoms with van der Waals surface area (Å²) in [6.07, 6.45) is 7.04. The summed E-state index contributed by atoms with van der Waals surface area (Å²) in [6.45, 7) is 0. The fourth-order valence-electron chi connectivity index (χ4n) is 3.94. The Balaban J connectivity index is 1.76. The molecule has 0 bridgehead atoms. The first kappa shape index (κ1) is 21.4. The summed E-state index contributed by atoms with van der Waals surface area (Å²) < 4.78 is 17.0. The number of methoxy groups -OCH3 is 2. The van der Waals surface area contributed by atoms with Crippen LogP contribution >= 0.6 is 0 Å². The van der Waals surface area contributed by atoms with Crippen molar-refractivity contribution in [1.82, 2.24) is 0 Å². The van der Waals surface area contributed by atoms with Crippen molar-refractivity contribution in [3.8, 4) is 56.8 Å². The van der Waals surface area contributed by atoms with Gasteiger partial charge in [-0.15, -0.1) is 0 Å². The predicted octanol–water partition coefficient (Wildman–Crippen LogP) is 5.64. The van der Waals surface area contributed by atoms with Gasteiger partial charge in [0.1, 0.15) is 17.6 Å². The summed E-state index contributed by atoms with van der Waals surface area (Å²) >= 11 is 0. The lowest BCUT2D eigenvalue weighted by atomic mass is 9.96. The molecule has 0 aliphatic heterocycles. The third-order valence-corrected chi connectivity index (χ3v) is 5.56. The van der Waals surface area contributed by atoms with E-state index in [4.69, 9.17) is 14.2 Å². The van der Waals surface area contributed by atoms with E-state index < -0.39 is 0 Å². The molecule has 1 unspecified atom stereocenters. The van der Waals surface area contributed by atoms with Gasteiger partial charge in [0.25, 0.3) is 0 Å². The normalized spacial score (nSPS) is 15.4. The van der Waals surface area contributed by atoms with Crippen LogP contribution in [0.15, 0.2) is 60.7 Å². The van der Waals surface area contributed by atoms with E-state index in [9.17, 15) is 15.3 Å². The second kappa shape index (κ2) is 9.14. The zero-order valence-corrected chi connectivity index (χ0v) is 18.0. The average Bonchev–Trinajstić information content (AvgIpc) is 2.81. The fraction of sp³-hybridized carbons (Fsp3) is 0.231. The molecule has 0 radical (unpaired) electrons. The highest BCUT2D eigenvalue weighted by Crippen LogP contribution is 2.50. The number of hydrogen-bond donors (Lipinski definition) is 3. The molecule has 4 rings (SSSR count). The Kier molecular flexibility index (Phi) is 6.12. The van der Waals surface area contributed by atoms with Crippen molar-refractivity contribution in [3.05, 3.63) is 60.7 Å². The molecular weight excluding hydrogens is 408 g/mol. The van der Waals surface area contributed by atoms with Gasteiger partial charge in [0.2, 0.25) is 0 Å². The molecule has 6 heteroatoms. The lowest BCUT2D eigenvalue weighted by Gasteiger charge is -2.20. The molecule has 0 saturated heterocycles. The van der Waals surface area contributed by atoms with Gasteiger partial charge in [-0.1, -0.05) is 24.3 Å². The van der Waals surface area contributed by atoms with Crippen LogP contribution < -0.4 is 14.2 Å². The molecule has 3 N–H and O–H groups in total. The van der Waals surface area contributed by atoms with Crippen LogP contribution in [-0.4, -0.2) is 35.6 Å². The third kappa shape index (κ3) is 4.17. The highest BCUT2D eigenvalue weighted by Gasteiger charge is 2.23. The van der Waals surface area contributed by atoms with Gasteiger partial charge in [0, 0.05) is 5.56 Å². The summed E-state index contributed by atoms with van der Waals surface area (Å²) in [5.41, 5.74) is 2.30. The molecular formula is C26H26O6. The molecule has 0 heterocycles. The van der Waals surface area contributed by atoms with Crippen LogP contribution in [0.3, 0.4) is 0 Å². The first-order valence-corrected chi connectivity index (χ1v) is 10.5. The molecule has 1 aliphatic rings. The Morgan fingerprint density at radius 2 is 1.59 bits per heavy atom. The Morgan fingerprint density at radius 3 is 2.22 bits per heavy atom. The van der Waals surface area contributed by atoms with Crippen molar-refractivity contribution < 1.29 is 29.5 Å². The molecule has 1 aliphatic carbocycles. The van der Waals surface area contributed by atoms with Gasteiger partial charge >= 0.3 is 0 Å². The highest BCUT2D eigenvalue weighted by molar-refractivity contribution is 5.88. The van der Waals surface area contributed by atoms with Crippen molar-refractivity contribution >= 4 is 0 Å². The number of phenols is 3. The first-order valence-electron chi connectivity index (χ1n) is 10.5. The maximum absolute atomic E-state index is 11.1. The number of allylic oxidation sites excluding steroid dienone is 1. The monoisotopic (exact) mass is 434 g/mol. The molecule has 3 aromatic rings. The van der Waals surface area contributed by atoms with Gasteiger partial charge in [0.15, 0.2) is 23.0 Å². The summed E-state index contributed by atoms with van der Waals surface area (Å²) in [5.74, 6) is 1.06. The fourth-order valence-corrected chi connectivity index (χ4v) is 3.94. The predicted molar refractivity (Wildman–Crippen MR) is 123 cm³/mol. The van der Waals surface area contributed by atoms with Gasteiger partial charge < -0.3 is 29.5 Å². The molecule has 6 nitrogen and oxygen atoms in total. The molecule has 0 amide bonds. The van der Waals surface area contributed by atoms with E-state index in [0.29, 0.717) is 28.2 Å². The number of rotatable bonds is 6. The topological polar surface area (TPSA) is 88.4 Å². The molecule has 1 atom stereocenters. The van der Waals surface area contributed by atoms with Gasteiger partial charge in [-0.2, -0.15) is 0 Å². The summed E-state index contributed by atoms with van der Waals surface area (Å²) in [4.78, 5) is 0. The van der Waals surface area contributed by atoms with Crippen LogP contribution in [-0.2, 0) is 0 Å². The van der Waals surface area contributed by atoms with E-state index in [0.717, 1.165) is 24.8 Å². The summed E-state index contributed by atoms with van der Waals surface area (Å²) in [7, 11) is 2.99. The second-order valence-electron chi connectivity index (χ2n) is 7.63. The van der Waals surface area contributed by atoms with Gasteiger partial charge in [-0.25, -0.2) is 0 Å². The van der Waals surface area contributed by atoms with E-state index in [1.54, 1.807) is 48.5 Å². The largest absolute Gasteiger partial charge is 0.508 e. The second-order valence-corrected chi connectivity index (χ2v) is 7.63. The number of aromatic hydroxyl groups is 3. The maximum Gasteiger partial charge on any atom is 0.170 e. The Labute approximate surface area is 186 Å².